The van der Waals surface area contributed by atoms with E-state index in [0.717, 1.165) is 28.1 Å². The molecule has 4 heterocycles. The number of ketones is 1. The van der Waals surface area contributed by atoms with Crippen LogP contribution in [0.15, 0.2) is 66.7 Å². The number of hydrogen-bond donors (Lipinski definition) is 0. The minimum absolute atomic E-state index is 0.0127. The Morgan fingerprint density at radius 1 is 0.929 bits per heavy atom. The van der Waals surface area contributed by atoms with Gasteiger partial charge in [-0.25, -0.2) is 10.0 Å². The van der Waals surface area contributed by atoms with Gasteiger partial charge in [-0.1, -0.05) is 48.5 Å². The molecule has 4 atom stereocenters. The minimum atomic E-state index is -1.17. The first kappa shape index (κ1) is 26.3. The Labute approximate surface area is 249 Å². The van der Waals surface area contributed by atoms with Crippen LogP contribution in [0.3, 0.4) is 0 Å². The second-order valence-electron chi connectivity index (χ2n) is 11.7. The molecule has 216 valence electrons. The smallest absolute Gasteiger partial charge is 0.267 e. The molecule has 1 amide bonds. The average Bonchev–Trinajstić information content (AvgIpc) is 3.74. The van der Waals surface area contributed by atoms with Crippen molar-refractivity contribution in [3.8, 4) is 11.5 Å². The van der Waals surface area contributed by atoms with Gasteiger partial charge in [-0.2, -0.15) is 0 Å². The van der Waals surface area contributed by atoms with E-state index in [2.05, 4.69) is 28.1 Å². The summed E-state index contributed by atoms with van der Waals surface area (Å²) < 4.78 is 17.0. The van der Waals surface area contributed by atoms with Gasteiger partial charge in [-0.3, -0.25) is 14.5 Å². The summed E-state index contributed by atoms with van der Waals surface area (Å²) in [4.78, 5) is 33.3. The van der Waals surface area contributed by atoms with Crippen LogP contribution in [0.25, 0.3) is 0 Å². The molecule has 3 saturated heterocycles. The predicted molar refractivity (Wildman–Crippen MR) is 160 cm³/mol. The van der Waals surface area contributed by atoms with Crippen molar-refractivity contribution in [1.29, 1.82) is 0 Å². The van der Waals surface area contributed by atoms with Crippen molar-refractivity contribution in [2.45, 2.75) is 23.9 Å². The van der Waals surface area contributed by atoms with Crippen LogP contribution < -0.4 is 14.5 Å². The summed E-state index contributed by atoms with van der Waals surface area (Å²) >= 11 is 1.85. The van der Waals surface area contributed by atoms with Gasteiger partial charge in [0.15, 0.2) is 17.3 Å². The quantitative estimate of drug-likeness (QED) is 0.455. The van der Waals surface area contributed by atoms with Crippen LogP contribution in [0.1, 0.15) is 33.0 Å². The summed E-state index contributed by atoms with van der Waals surface area (Å²) in [5.41, 5.74) is 2.18. The van der Waals surface area contributed by atoms with E-state index >= 15 is 9.59 Å². The van der Waals surface area contributed by atoms with E-state index in [1.54, 1.807) is 14.2 Å². The van der Waals surface area contributed by atoms with Gasteiger partial charge < -0.3 is 14.2 Å². The molecule has 2 spiro atoms. The number of morpholine rings is 1. The van der Waals surface area contributed by atoms with Gasteiger partial charge in [0.2, 0.25) is 0 Å². The molecule has 3 aromatic rings. The number of amides is 1. The number of para-hydroxylation sites is 1. The molecule has 0 aromatic heterocycles. The number of rotatable bonds is 4. The highest BCUT2D eigenvalue weighted by molar-refractivity contribution is 7.99. The average molecular weight is 584 g/mol. The van der Waals surface area contributed by atoms with Gasteiger partial charge in [0.1, 0.15) is 5.54 Å². The van der Waals surface area contributed by atoms with E-state index in [1.807, 2.05) is 65.3 Å². The highest BCUT2D eigenvalue weighted by atomic mass is 32.2. The van der Waals surface area contributed by atoms with E-state index in [0.29, 0.717) is 55.7 Å². The number of Topliss-reactive ketones (excluding diaryl/α,β-unsaturated/α-hetero) is 1. The molecule has 0 N–H and O–H groups in total. The van der Waals surface area contributed by atoms with Crippen LogP contribution in [0.4, 0.5) is 5.69 Å². The Morgan fingerprint density at radius 3 is 2.40 bits per heavy atom. The third-order valence-corrected chi connectivity index (χ3v) is 11.1. The van der Waals surface area contributed by atoms with Gasteiger partial charge in [-0.15, -0.1) is 11.8 Å². The fraction of sp³-hybridized carbons (Fsp3) is 0.394. The minimum Gasteiger partial charge on any atom is -0.493 e. The SMILES string of the molecule is COc1cc2c(cc1OC)C(=O)[C@]1(C2)[C@@H](c2ccccc2)[C@@H]2CSCN2[C@@]12C(=O)N(N1CCOCC1)c1ccccc12. The summed E-state index contributed by atoms with van der Waals surface area (Å²) in [5.74, 6) is 2.44. The molecule has 42 heavy (non-hydrogen) atoms. The van der Waals surface area contributed by atoms with E-state index < -0.39 is 11.0 Å². The molecular formula is C33H33N3O5S. The Hall–Kier alpha value is -3.37. The number of carbonyl (C=O) groups is 2. The maximum Gasteiger partial charge on any atom is 0.267 e. The lowest BCUT2D eigenvalue weighted by molar-refractivity contribution is -0.137. The van der Waals surface area contributed by atoms with Gasteiger partial charge >= 0.3 is 0 Å². The molecule has 8 nitrogen and oxygen atoms in total. The summed E-state index contributed by atoms with van der Waals surface area (Å²) in [6, 6.07) is 22.3. The van der Waals surface area contributed by atoms with Gasteiger partial charge in [0.05, 0.1) is 38.5 Å². The first-order chi connectivity index (χ1) is 20.6. The summed E-state index contributed by atoms with van der Waals surface area (Å²) in [5, 5.41) is 3.99. The first-order valence-electron chi connectivity index (χ1n) is 14.5. The third-order valence-electron chi connectivity index (χ3n) is 10.1. The second-order valence-corrected chi connectivity index (χ2v) is 12.7. The Balaban J connectivity index is 1.43. The number of hydrazine groups is 1. The van der Waals surface area contributed by atoms with Gasteiger partial charge in [-0.05, 0) is 35.7 Å². The van der Waals surface area contributed by atoms with Crippen LogP contribution >= 0.6 is 11.8 Å². The van der Waals surface area contributed by atoms with E-state index in [9.17, 15) is 0 Å². The largest absolute Gasteiger partial charge is 0.493 e. The molecular weight excluding hydrogens is 550 g/mol. The standard InChI is InChI=1S/C33H33N3O5S/c1-39-27-16-22-18-32(30(37)23(22)17-28(27)40-2)29(21-8-4-3-5-9-21)26-19-42-20-35(26)33(32)24-10-6-7-11-25(24)36(31(33)38)34-12-14-41-15-13-34/h3-11,16-17,26,29H,12-15,18-20H2,1-2H3/t26-,29-,32-,33-/m0/s1. The second kappa shape index (κ2) is 9.57. The van der Waals surface area contributed by atoms with Crippen molar-refractivity contribution < 1.29 is 23.8 Å². The molecule has 0 unspecified atom stereocenters. The predicted octanol–water partition coefficient (Wildman–Crippen LogP) is 4.09. The lowest BCUT2D eigenvalue weighted by Gasteiger charge is -2.45. The maximum absolute atomic E-state index is 15.5. The van der Waals surface area contributed by atoms with Crippen molar-refractivity contribution >= 4 is 29.1 Å². The van der Waals surface area contributed by atoms with Crippen LogP contribution in [0.5, 0.6) is 11.5 Å². The number of methoxy groups -OCH3 is 2. The van der Waals surface area contributed by atoms with Crippen LogP contribution in [-0.4, -0.2) is 79.8 Å². The fourth-order valence-electron chi connectivity index (χ4n) is 8.58. The number of carbonyl (C=O) groups excluding carboxylic acids is 2. The van der Waals surface area contributed by atoms with Crippen molar-refractivity contribution in [2.75, 3.05) is 57.2 Å². The number of benzene rings is 3. The highest BCUT2D eigenvalue weighted by Crippen LogP contribution is 2.71. The number of thioether (sulfide) groups is 1. The molecule has 4 aliphatic heterocycles. The molecule has 0 radical (unpaired) electrons. The van der Waals surface area contributed by atoms with Crippen LogP contribution in [0.2, 0.25) is 0 Å². The molecule has 8 rings (SSSR count). The lowest BCUT2D eigenvalue weighted by Crippen LogP contribution is -2.63. The van der Waals surface area contributed by atoms with Crippen molar-refractivity contribution in [1.82, 2.24) is 9.91 Å². The fourth-order valence-corrected chi connectivity index (χ4v) is 9.89. The number of ether oxygens (including phenoxy) is 3. The number of fused-ring (bicyclic) bond motifs is 6. The van der Waals surface area contributed by atoms with Crippen LogP contribution in [-0.2, 0) is 21.5 Å². The molecule has 9 heteroatoms. The number of nitrogens with zero attached hydrogens (tertiary/aromatic N) is 3. The van der Waals surface area contributed by atoms with Crippen LogP contribution in [0, 0.1) is 5.41 Å². The molecule has 0 bridgehead atoms. The Morgan fingerprint density at radius 2 is 1.64 bits per heavy atom. The van der Waals surface area contributed by atoms with Crippen molar-refractivity contribution in [2.24, 2.45) is 5.41 Å². The zero-order valence-electron chi connectivity index (χ0n) is 23.7. The number of anilines is 1. The Bertz CT molecular complexity index is 1590. The zero-order chi connectivity index (χ0) is 28.6. The number of hydrogen-bond acceptors (Lipinski definition) is 8. The van der Waals surface area contributed by atoms with E-state index in [1.165, 1.54) is 0 Å². The molecule has 3 fully saturated rings. The normalized spacial score (nSPS) is 30.3. The van der Waals surface area contributed by atoms with Crippen molar-refractivity contribution in [3.63, 3.8) is 0 Å². The summed E-state index contributed by atoms with van der Waals surface area (Å²) in [6.45, 7) is 2.35. The van der Waals surface area contributed by atoms with E-state index in [-0.39, 0.29) is 23.7 Å². The monoisotopic (exact) mass is 583 g/mol. The molecule has 1 aliphatic carbocycles. The molecule has 0 saturated carbocycles. The summed E-state index contributed by atoms with van der Waals surface area (Å²) in [7, 11) is 3.21. The van der Waals surface area contributed by atoms with E-state index in [4.69, 9.17) is 14.2 Å². The maximum atomic E-state index is 15.5. The Kier molecular flexibility index (Phi) is 5.99. The third kappa shape index (κ3) is 3.14. The van der Waals surface area contributed by atoms with Crippen molar-refractivity contribution in [3.05, 3.63) is 89.0 Å². The topological polar surface area (TPSA) is 71.6 Å². The van der Waals surface area contributed by atoms with Gasteiger partial charge in [0, 0.05) is 47.8 Å². The molecule has 5 aliphatic rings. The lowest BCUT2D eigenvalue weighted by atomic mass is 9.58. The van der Waals surface area contributed by atoms with Gasteiger partial charge in [0.25, 0.3) is 5.91 Å². The highest BCUT2D eigenvalue weighted by Gasteiger charge is 2.80. The summed E-state index contributed by atoms with van der Waals surface area (Å²) in [6.07, 6.45) is 0.440. The zero-order valence-corrected chi connectivity index (χ0v) is 24.6. The molecule has 3 aromatic carbocycles. The first-order valence-corrected chi connectivity index (χ1v) is 15.7.